The van der Waals surface area contributed by atoms with Crippen LogP contribution < -0.4 is 16.0 Å². The minimum absolute atomic E-state index is 0.0454. The van der Waals surface area contributed by atoms with E-state index in [4.69, 9.17) is 10.5 Å². The molecule has 8 heteroatoms. The predicted octanol–water partition coefficient (Wildman–Crippen LogP) is 4.00. The molecule has 2 heterocycles. The molecule has 3 N–H and O–H groups in total. The van der Waals surface area contributed by atoms with Gasteiger partial charge in [0.1, 0.15) is 16.4 Å². The first-order valence-electron chi connectivity index (χ1n) is 9.18. The van der Waals surface area contributed by atoms with Crippen molar-refractivity contribution in [2.45, 2.75) is 31.9 Å². The highest BCUT2D eigenvalue weighted by Gasteiger charge is 2.23. The molecule has 4 rings (SSSR count). The standard InChI is InChI=1S/C20H22N4O2S2/c1-11-6-7-14-15(8-11)28-19-17(14)18(25)23-16(24-19)10-27-20(21)22-12-4-3-5-13(9-12)26-2/h3-5,9,11H,6-8,10H2,1-2H3,(H2,21,22)(H,23,24,25)/t11-/m0/s1. The molecular weight excluding hydrogens is 392 g/mol. The zero-order chi connectivity index (χ0) is 19.7. The lowest BCUT2D eigenvalue weighted by Gasteiger charge is -2.17. The molecule has 1 aliphatic rings. The van der Waals surface area contributed by atoms with E-state index in [1.807, 2.05) is 24.3 Å². The summed E-state index contributed by atoms with van der Waals surface area (Å²) in [6.07, 6.45) is 3.14. The predicted molar refractivity (Wildman–Crippen MR) is 117 cm³/mol. The number of fused-ring (bicyclic) bond motifs is 3. The smallest absolute Gasteiger partial charge is 0.259 e. The summed E-state index contributed by atoms with van der Waals surface area (Å²) in [7, 11) is 1.61. The number of hydrogen-bond acceptors (Lipinski definition) is 6. The number of nitrogens with two attached hydrogens (primary N) is 1. The quantitative estimate of drug-likeness (QED) is 0.497. The van der Waals surface area contributed by atoms with Crippen LogP contribution in [0.4, 0.5) is 5.69 Å². The molecule has 28 heavy (non-hydrogen) atoms. The molecule has 0 saturated carbocycles. The molecule has 2 aromatic heterocycles. The number of aryl methyl sites for hydroxylation is 1. The zero-order valence-electron chi connectivity index (χ0n) is 15.8. The third-order valence-electron chi connectivity index (χ3n) is 4.86. The minimum atomic E-state index is -0.0454. The Morgan fingerprint density at radius 1 is 1.50 bits per heavy atom. The Labute approximate surface area is 171 Å². The topological polar surface area (TPSA) is 93.4 Å². The van der Waals surface area contributed by atoms with E-state index in [1.54, 1.807) is 18.4 Å². The average Bonchev–Trinajstić information content (AvgIpc) is 3.04. The number of nitrogens with one attached hydrogen (secondary N) is 1. The number of aromatic amines is 1. The van der Waals surface area contributed by atoms with Crippen LogP contribution in [0.5, 0.6) is 5.75 Å². The van der Waals surface area contributed by atoms with Crippen LogP contribution in [0.1, 0.15) is 29.6 Å². The van der Waals surface area contributed by atoms with Gasteiger partial charge in [0, 0.05) is 10.9 Å². The molecule has 1 atom stereocenters. The highest BCUT2D eigenvalue weighted by atomic mass is 32.2. The first kappa shape index (κ1) is 19.0. The van der Waals surface area contributed by atoms with Crippen molar-refractivity contribution in [3.63, 3.8) is 0 Å². The van der Waals surface area contributed by atoms with E-state index in [-0.39, 0.29) is 5.56 Å². The summed E-state index contributed by atoms with van der Waals surface area (Å²) in [6.45, 7) is 2.26. The second-order valence-electron chi connectivity index (χ2n) is 6.98. The molecule has 1 aromatic carbocycles. The lowest BCUT2D eigenvalue weighted by molar-refractivity contribution is 0.415. The number of aliphatic imine (C=N–C) groups is 1. The molecule has 0 fully saturated rings. The third-order valence-corrected chi connectivity index (χ3v) is 6.82. The van der Waals surface area contributed by atoms with Crippen LogP contribution in [0, 0.1) is 5.92 Å². The highest BCUT2D eigenvalue weighted by molar-refractivity contribution is 8.13. The van der Waals surface area contributed by atoms with Crippen molar-refractivity contribution in [2.24, 2.45) is 16.6 Å². The fourth-order valence-electron chi connectivity index (χ4n) is 3.44. The fraction of sp³-hybridized carbons (Fsp3) is 0.350. The molecule has 0 saturated heterocycles. The lowest BCUT2D eigenvalue weighted by atomic mass is 9.89. The van der Waals surface area contributed by atoms with Gasteiger partial charge < -0.3 is 15.5 Å². The second kappa shape index (κ2) is 7.97. The zero-order valence-corrected chi connectivity index (χ0v) is 17.5. The Kier molecular flexibility index (Phi) is 5.41. The van der Waals surface area contributed by atoms with Crippen LogP contribution >= 0.6 is 23.1 Å². The van der Waals surface area contributed by atoms with Gasteiger partial charge in [-0.15, -0.1) is 11.3 Å². The van der Waals surface area contributed by atoms with E-state index in [2.05, 4.69) is 21.9 Å². The normalized spacial score (nSPS) is 16.9. The summed E-state index contributed by atoms with van der Waals surface area (Å²) in [5, 5.41) is 1.19. The maximum atomic E-state index is 12.6. The van der Waals surface area contributed by atoms with Gasteiger partial charge in [-0.1, -0.05) is 24.8 Å². The third kappa shape index (κ3) is 3.93. The van der Waals surface area contributed by atoms with Crippen molar-refractivity contribution in [3.05, 3.63) is 50.9 Å². The van der Waals surface area contributed by atoms with Gasteiger partial charge in [0.2, 0.25) is 0 Å². The SMILES string of the molecule is COc1cccc(N=C(N)SCc2nc3sc4c(c3c(=O)[nH]2)CC[C@H](C)C4)c1. The van der Waals surface area contributed by atoms with Gasteiger partial charge in [0.25, 0.3) is 5.56 Å². The summed E-state index contributed by atoms with van der Waals surface area (Å²) in [4.78, 5) is 26.8. The highest BCUT2D eigenvalue weighted by Crippen LogP contribution is 2.35. The van der Waals surface area contributed by atoms with Gasteiger partial charge in [-0.2, -0.15) is 0 Å². The number of methoxy groups -OCH3 is 1. The first-order valence-corrected chi connectivity index (χ1v) is 11.0. The van der Waals surface area contributed by atoms with Crippen LogP contribution in [0.25, 0.3) is 10.2 Å². The van der Waals surface area contributed by atoms with Crippen molar-refractivity contribution in [2.75, 3.05) is 7.11 Å². The van der Waals surface area contributed by atoms with Gasteiger partial charge in [-0.05, 0) is 42.9 Å². The van der Waals surface area contributed by atoms with Gasteiger partial charge in [0.05, 0.1) is 23.9 Å². The van der Waals surface area contributed by atoms with Gasteiger partial charge in [0.15, 0.2) is 5.17 Å². The number of aromatic nitrogens is 2. The Hall–Kier alpha value is -2.32. The van der Waals surface area contributed by atoms with Crippen LogP contribution in [0.15, 0.2) is 34.1 Å². The first-order chi connectivity index (χ1) is 13.5. The van der Waals surface area contributed by atoms with E-state index in [0.717, 1.165) is 40.9 Å². The van der Waals surface area contributed by atoms with Crippen LogP contribution in [0.3, 0.4) is 0 Å². The van der Waals surface area contributed by atoms with E-state index in [0.29, 0.717) is 22.7 Å². The van der Waals surface area contributed by atoms with Crippen molar-refractivity contribution in [3.8, 4) is 5.75 Å². The van der Waals surface area contributed by atoms with Crippen molar-refractivity contribution < 1.29 is 4.74 Å². The number of ether oxygens (including phenoxy) is 1. The molecule has 0 unspecified atom stereocenters. The number of hydrogen-bond donors (Lipinski definition) is 2. The maximum Gasteiger partial charge on any atom is 0.259 e. The van der Waals surface area contributed by atoms with Crippen LogP contribution in [0.2, 0.25) is 0 Å². The number of amidine groups is 1. The fourth-order valence-corrected chi connectivity index (χ4v) is 5.44. The van der Waals surface area contributed by atoms with E-state index in [9.17, 15) is 4.79 Å². The van der Waals surface area contributed by atoms with Crippen molar-refractivity contribution in [1.29, 1.82) is 0 Å². The summed E-state index contributed by atoms with van der Waals surface area (Å²) in [5.41, 5.74) is 7.92. The monoisotopic (exact) mass is 414 g/mol. The number of rotatable bonds is 4. The molecular formula is C20H22N4O2S2. The van der Waals surface area contributed by atoms with Gasteiger partial charge in [-0.25, -0.2) is 9.98 Å². The molecule has 0 spiro atoms. The summed E-state index contributed by atoms with van der Waals surface area (Å²) >= 11 is 3.01. The molecule has 0 radical (unpaired) electrons. The average molecular weight is 415 g/mol. The Bertz CT molecular complexity index is 1100. The number of thioether (sulfide) groups is 1. The molecule has 6 nitrogen and oxygen atoms in total. The Morgan fingerprint density at radius 3 is 3.18 bits per heavy atom. The van der Waals surface area contributed by atoms with Crippen molar-refractivity contribution >= 4 is 44.2 Å². The maximum absolute atomic E-state index is 12.6. The number of benzene rings is 1. The molecule has 146 valence electrons. The number of H-pyrrole nitrogens is 1. The minimum Gasteiger partial charge on any atom is -0.497 e. The van der Waals surface area contributed by atoms with Crippen LogP contribution in [-0.2, 0) is 18.6 Å². The number of nitrogens with zero attached hydrogens (tertiary/aromatic N) is 2. The number of thiophene rings is 1. The van der Waals surface area contributed by atoms with Crippen molar-refractivity contribution in [1.82, 2.24) is 9.97 Å². The molecule has 0 amide bonds. The summed E-state index contributed by atoms with van der Waals surface area (Å²) < 4.78 is 5.20. The van der Waals surface area contributed by atoms with Gasteiger partial charge >= 0.3 is 0 Å². The molecule has 3 aromatic rings. The summed E-state index contributed by atoms with van der Waals surface area (Å²) in [5.74, 6) is 2.48. The second-order valence-corrected chi connectivity index (χ2v) is 9.06. The Balaban J connectivity index is 1.53. The molecule has 1 aliphatic carbocycles. The van der Waals surface area contributed by atoms with E-state index < -0.39 is 0 Å². The molecule has 0 aliphatic heterocycles. The largest absolute Gasteiger partial charge is 0.497 e. The van der Waals surface area contributed by atoms with E-state index >= 15 is 0 Å². The van der Waals surface area contributed by atoms with Gasteiger partial charge in [-0.3, -0.25) is 4.79 Å². The molecule has 0 bridgehead atoms. The lowest BCUT2D eigenvalue weighted by Crippen LogP contribution is -2.15. The van der Waals surface area contributed by atoms with E-state index in [1.165, 1.54) is 22.2 Å². The van der Waals surface area contributed by atoms with Crippen LogP contribution in [-0.4, -0.2) is 22.2 Å². The Morgan fingerprint density at radius 2 is 2.36 bits per heavy atom. The summed E-state index contributed by atoms with van der Waals surface area (Å²) in [6, 6.07) is 7.39.